The summed E-state index contributed by atoms with van der Waals surface area (Å²) in [4.78, 5) is 23.6. The number of hydrogen-bond donors (Lipinski definition) is 2. The molecule has 0 saturated heterocycles. The van der Waals surface area contributed by atoms with Crippen LogP contribution in [0.25, 0.3) is 0 Å². The van der Waals surface area contributed by atoms with Gasteiger partial charge in [0.1, 0.15) is 11.9 Å². The summed E-state index contributed by atoms with van der Waals surface area (Å²) in [5.74, 6) is -2.28. The minimum atomic E-state index is -1.13. The second-order valence-corrected chi connectivity index (χ2v) is 5.45. The van der Waals surface area contributed by atoms with E-state index in [1.807, 2.05) is 32.0 Å². The Morgan fingerprint density at radius 2 is 1.74 bits per heavy atom. The number of nitrogens with one attached hydrogen (secondary N) is 1. The number of carbonyl (C=O) groups is 2. The molecule has 23 heavy (non-hydrogen) atoms. The van der Waals surface area contributed by atoms with E-state index in [2.05, 4.69) is 5.32 Å². The zero-order valence-corrected chi connectivity index (χ0v) is 13.0. The van der Waals surface area contributed by atoms with Gasteiger partial charge in [-0.1, -0.05) is 24.3 Å². The number of aryl methyl sites for hydroxylation is 2. The minimum absolute atomic E-state index is 0.0951. The molecule has 0 fully saturated rings. The first-order chi connectivity index (χ1) is 10.9. The van der Waals surface area contributed by atoms with Gasteiger partial charge >= 0.3 is 5.97 Å². The average Bonchev–Trinajstić information content (AvgIpc) is 2.49. The third kappa shape index (κ3) is 4.16. The summed E-state index contributed by atoms with van der Waals surface area (Å²) in [5.41, 5.74) is 2.92. The Morgan fingerprint density at radius 3 is 2.30 bits per heavy atom. The summed E-state index contributed by atoms with van der Waals surface area (Å²) in [5, 5.41) is 11.8. The van der Waals surface area contributed by atoms with Gasteiger partial charge in [-0.2, -0.15) is 0 Å². The van der Waals surface area contributed by atoms with Crippen LogP contribution in [0, 0.1) is 19.7 Å². The van der Waals surface area contributed by atoms with E-state index in [1.54, 1.807) is 0 Å². The van der Waals surface area contributed by atoms with Gasteiger partial charge in [0.05, 0.1) is 0 Å². The molecule has 5 heteroatoms. The molecule has 0 spiro atoms. The van der Waals surface area contributed by atoms with Crippen molar-refractivity contribution in [1.29, 1.82) is 0 Å². The fraction of sp³-hybridized carbons (Fsp3) is 0.222. The highest BCUT2D eigenvalue weighted by molar-refractivity contribution is 5.96. The van der Waals surface area contributed by atoms with E-state index in [9.17, 15) is 19.1 Å². The summed E-state index contributed by atoms with van der Waals surface area (Å²) in [6, 6.07) is 9.77. The molecule has 0 bridgehead atoms. The van der Waals surface area contributed by atoms with E-state index in [-0.39, 0.29) is 12.0 Å². The Labute approximate surface area is 134 Å². The molecule has 0 unspecified atom stereocenters. The van der Waals surface area contributed by atoms with Gasteiger partial charge in [-0.3, -0.25) is 4.79 Å². The highest BCUT2D eigenvalue weighted by Gasteiger charge is 2.22. The van der Waals surface area contributed by atoms with Crippen molar-refractivity contribution in [2.75, 3.05) is 0 Å². The maximum Gasteiger partial charge on any atom is 0.326 e. The highest BCUT2D eigenvalue weighted by atomic mass is 19.1. The normalized spacial score (nSPS) is 11.8. The van der Waals surface area contributed by atoms with E-state index in [0.29, 0.717) is 0 Å². The lowest BCUT2D eigenvalue weighted by Gasteiger charge is -2.17. The van der Waals surface area contributed by atoms with Crippen molar-refractivity contribution in [3.63, 3.8) is 0 Å². The molecule has 4 nitrogen and oxygen atoms in total. The maximum absolute atomic E-state index is 13.2. The van der Waals surface area contributed by atoms with E-state index in [4.69, 9.17) is 0 Å². The van der Waals surface area contributed by atoms with Crippen LogP contribution in [0.2, 0.25) is 0 Å². The molecule has 0 heterocycles. The number of halogens is 1. The van der Waals surface area contributed by atoms with Gasteiger partial charge < -0.3 is 10.4 Å². The molecule has 2 aromatic carbocycles. The van der Waals surface area contributed by atoms with Crippen LogP contribution in [0.5, 0.6) is 0 Å². The second kappa shape index (κ2) is 7.05. The SMILES string of the molecule is Cc1cccc(C)c1C[C@@H](NC(=O)c1cccc(F)c1)C(=O)O. The van der Waals surface area contributed by atoms with Crippen LogP contribution in [0.1, 0.15) is 27.0 Å². The Balaban J connectivity index is 2.19. The number of aliphatic carboxylic acids is 1. The van der Waals surface area contributed by atoms with Crippen LogP contribution in [-0.2, 0) is 11.2 Å². The Morgan fingerprint density at radius 1 is 1.13 bits per heavy atom. The van der Waals surface area contributed by atoms with Crippen molar-refractivity contribution in [3.05, 3.63) is 70.5 Å². The summed E-state index contributed by atoms with van der Waals surface area (Å²) < 4.78 is 13.2. The summed E-state index contributed by atoms with van der Waals surface area (Å²) in [6.45, 7) is 3.80. The minimum Gasteiger partial charge on any atom is -0.480 e. The summed E-state index contributed by atoms with van der Waals surface area (Å²) in [7, 11) is 0. The molecular weight excluding hydrogens is 297 g/mol. The molecule has 1 atom stereocenters. The summed E-state index contributed by atoms with van der Waals surface area (Å²) in [6.07, 6.45) is 0.175. The highest BCUT2D eigenvalue weighted by Crippen LogP contribution is 2.16. The largest absolute Gasteiger partial charge is 0.480 e. The number of benzene rings is 2. The zero-order valence-electron chi connectivity index (χ0n) is 13.0. The van der Waals surface area contributed by atoms with Gasteiger partial charge in [-0.25, -0.2) is 9.18 Å². The van der Waals surface area contributed by atoms with Gasteiger partial charge in [0, 0.05) is 12.0 Å². The molecule has 0 aromatic heterocycles. The lowest BCUT2D eigenvalue weighted by Crippen LogP contribution is -2.42. The quantitative estimate of drug-likeness (QED) is 0.891. The predicted molar refractivity (Wildman–Crippen MR) is 84.9 cm³/mol. The Hall–Kier alpha value is -2.69. The molecule has 2 N–H and O–H groups in total. The lowest BCUT2D eigenvalue weighted by molar-refractivity contribution is -0.139. The topological polar surface area (TPSA) is 66.4 Å². The number of carbonyl (C=O) groups excluding carboxylic acids is 1. The van der Waals surface area contributed by atoms with Gasteiger partial charge in [-0.15, -0.1) is 0 Å². The first kappa shape index (κ1) is 16.7. The summed E-state index contributed by atoms with van der Waals surface area (Å²) >= 11 is 0. The average molecular weight is 315 g/mol. The van der Waals surface area contributed by atoms with Gasteiger partial charge in [-0.05, 0) is 48.7 Å². The first-order valence-electron chi connectivity index (χ1n) is 7.23. The molecule has 0 saturated carbocycles. The van der Waals surface area contributed by atoms with Crippen LogP contribution in [0.3, 0.4) is 0 Å². The molecule has 0 aliphatic carbocycles. The van der Waals surface area contributed by atoms with Crippen molar-refractivity contribution in [3.8, 4) is 0 Å². The zero-order chi connectivity index (χ0) is 17.0. The molecule has 0 radical (unpaired) electrons. The van der Waals surface area contributed by atoms with E-state index in [0.717, 1.165) is 22.8 Å². The van der Waals surface area contributed by atoms with Crippen LogP contribution in [0.4, 0.5) is 4.39 Å². The van der Waals surface area contributed by atoms with E-state index >= 15 is 0 Å². The van der Waals surface area contributed by atoms with Crippen LogP contribution < -0.4 is 5.32 Å². The predicted octanol–water partition coefficient (Wildman–Crippen LogP) is 2.87. The number of amides is 1. The van der Waals surface area contributed by atoms with Crippen molar-refractivity contribution < 1.29 is 19.1 Å². The van der Waals surface area contributed by atoms with Crippen LogP contribution in [0.15, 0.2) is 42.5 Å². The Bertz CT molecular complexity index is 723. The number of rotatable bonds is 5. The van der Waals surface area contributed by atoms with Crippen molar-refractivity contribution in [2.24, 2.45) is 0 Å². The van der Waals surface area contributed by atoms with E-state index in [1.165, 1.54) is 18.2 Å². The standard InChI is InChI=1S/C18H18FNO3/c1-11-5-3-6-12(2)15(11)10-16(18(22)23)20-17(21)13-7-4-8-14(19)9-13/h3-9,16H,10H2,1-2H3,(H,20,21)(H,22,23)/t16-/m1/s1. The maximum atomic E-state index is 13.2. The molecule has 1 amide bonds. The lowest BCUT2D eigenvalue weighted by atomic mass is 9.96. The first-order valence-corrected chi connectivity index (χ1v) is 7.23. The molecule has 120 valence electrons. The fourth-order valence-electron chi connectivity index (χ4n) is 2.45. The van der Waals surface area contributed by atoms with Gasteiger partial charge in [0.15, 0.2) is 0 Å². The second-order valence-electron chi connectivity index (χ2n) is 5.45. The van der Waals surface area contributed by atoms with E-state index < -0.39 is 23.7 Å². The van der Waals surface area contributed by atoms with Gasteiger partial charge in [0.2, 0.25) is 0 Å². The Kier molecular flexibility index (Phi) is 5.11. The van der Waals surface area contributed by atoms with Crippen molar-refractivity contribution >= 4 is 11.9 Å². The van der Waals surface area contributed by atoms with Gasteiger partial charge in [0.25, 0.3) is 5.91 Å². The molecule has 0 aliphatic heterocycles. The molecule has 0 aliphatic rings. The number of carboxylic acid groups (broad SMARTS) is 1. The monoisotopic (exact) mass is 315 g/mol. The van der Waals surface area contributed by atoms with Crippen molar-refractivity contribution in [1.82, 2.24) is 5.32 Å². The van der Waals surface area contributed by atoms with Crippen LogP contribution >= 0.6 is 0 Å². The third-order valence-electron chi connectivity index (χ3n) is 3.74. The molecule has 2 aromatic rings. The van der Waals surface area contributed by atoms with Crippen molar-refractivity contribution in [2.45, 2.75) is 26.3 Å². The number of hydrogen-bond acceptors (Lipinski definition) is 2. The smallest absolute Gasteiger partial charge is 0.326 e. The fourth-order valence-corrected chi connectivity index (χ4v) is 2.45. The molecule has 2 rings (SSSR count). The third-order valence-corrected chi connectivity index (χ3v) is 3.74. The van der Waals surface area contributed by atoms with Crippen LogP contribution in [-0.4, -0.2) is 23.0 Å². The molecular formula is C18H18FNO3. The number of carboxylic acids is 1.